The largest absolute Gasteiger partial charge is 0.490 e. The lowest BCUT2D eigenvalue weighted by Crippen LogP contribution is -2.34. The van der Waals surface area contributed by atoms with Gasteiger partial charge in [-0.3, -0.25) is 9.59 Å². The van der Waals surface area contributed by atoms with Crippen LogP contribution in [0.4, 0.5) is 11.4 Å². The first-order valence-corrected chi connectivity index (χ1v) is 8.71. The third kappa shape index (κ3) is 4.32. The second-order valence-electron chi connectivity index (χ2n) is 6.00. The van der Waals surface area contributed by atoms with Crippen LogP contribution in [0.5, 0.6) is 17.2 Å². The zero-order valence-electron chi connectivity index (χ0n) is 15.4. The van der Waals surface area contributed by atoms with Crippen LogP contribution in [0, 0.1) is 11.3 Å². The van der Waals surface area contributed by atoms with Crippen molar-refractivity contribution in [3.8, 4) is 23.3 Å². The van der Waals surface area contributed by atoms with Gasteiger partial charge >= 0.3 is 0 Å². The van der Waals surface area contributed by atoms with Gasteiger partial charge in [0.2, 0.25) is 0 Å². The Balaban J connectivity index is 1.63. The predicted octanol–water partition coefficient (Wildman–Crippen LogP) is 2.69. The molecule has 0 fully saturated rings. The molecule has 8 heteroatoms. The zero-order valence-corrected chi connectivity index (χ0v) is 15.4. The number of rotatable bonds is 6. The molecule has 0 aliphatic carbocycles. The Bertz CT molecular complexity index is 951. The van der Waals surface area contributed by atoms with E-state index in [1.165, 1.54) is 0 Å². The van der Waals surface area contributed by atoms with Gasteiger partial charge in [-0.1, -0.05) is 0 Å². The van der Waals surface area contributed by atoms with Gasteiger partial charge in [-0.2, -0.15) is 5.26 Å². The fourth-order valence-corrected chi connectivity index (χ4v) is 2.59. The van der Waals surface area contributed by atoms with E-state index in [1.807, 2.05) is 13.0 Å². The number of hydrogen-bond acceptors (Lipinski definition) is 6. The van der Waals surface area contributed by atoms with Gasteiger partial charge in [0.25, 0.3) is 11.8 Å². The second-order valence-corrected chi connectivity index (χ2v) is 6.00. The van der Waals surface area contributed by atoms with Crippen molar-refractivity contribution >= 4 is 23.2 Å². The normalized spacial score (nSPS) is 14.8. The fraction of sp³-hybridized carbons (Fsp3) is 0.250. The number of ether oxygens (including phenoxy) is 3. The van der Waals surface area contributed by atoms with Gasteiger partial charge in [0.05, 0.1) is 23.9 Å². The van der Waals surface area contributed by atoms with Crippen molar-refractivity contribution in [3.05, 3.63) is 42.0 Å². The summed E-state index contributed by atoms with van der Waals surface area (Å²) in [5.74, 6) is 0.681. The van der Waals surface area contributed by atoms with Crippen LogP contribution in [0.3, 0.4) is 0 Å². The smallest absolute Gasteiger partial charge is 0.265 e. The van der Waals surface area contributed by atoms with E-state index in [-0.39, 0.29) is 18.4 Å². The van der Waals surface area contributed by atoms with E-state index in [0.717, 1.165) is 0 Å². The monoisotopic (exact) mass is 381 g/mol. The third-order valence-electron chi connectivity index (χ3n) is 3.93. The molecule has 0 spiro atoms. The van der Waals surface area contributed by atoms with Crippen LogP contribution in [0.1, 0.15) is 19.4 Å². The molecule has 1 aliphatic heterocycles. The molecule has 1 aliphatic rings. The van der Waals surface area contributed by atoms with Crippen LogP contribution in [0.15, 0.2) is 36.4 Å². The molecule has 2 aromatic rings. The molecule has 2 N–H and O–H groups in total. The number of fused-ring (bicyclic) bond motifs is 1. The van der Waals surface area contributed by atoms with E-state index in [0.29, 0.717) is 40.8 Å². The van der Waals surface area contributed by atoms with Crippen molar-refractivity contribution in [2.24, 2.45) is 0 Å². The topological polar surface area (TPSA) is 110 Å². The number of amides is 2. The standard InChI is InChI=1S/C20H19N3O5/c1-3-26-18-8-13(10-21)4-6-17(18)27-11-19(24)22-14-5-7-16-15(9-14)23-20(25)12(2)28-16/h4-9,12H,3,11H2,1-2H3,(H,22,24)(H,23,25). The van der Waals surface area contributed by atoms with E-state index < -0.39 is 6.10 Å². The van der Waals surface area contributed by atoms with Gasteiger partial charge in [0, 0.05) is 11.8 Å². The van der Waals surface area contributed by atoms with Gasteiger partial charge in [-0.25, -0.2) is 0 Å². The molecule has 1 atom stereocenters. The van der Waals surface area contributed by atoms with Crippen LogP contribution < -0.4 is 24.8 Å². The average Bonchev–Trinajstić information content (AvgIpc) is 2.68. The van der Waals surface area contributed by atoms with Gasteiger partial charge in [0.15, 0.2) is 24.2 Å². The molecule has 1 heterocycles. The summed E-state index contributed by atoms with van der Waals surface area (Å²) in [6, 6.07) is 11.7. The van der Waals surface area contributed by atoms with Crippen molar-refractivity contribution in [1.29, 1.82) is 5.26 Å². The van der Waals surface area contributed by atoms with E-state index in [4.69, 9.17) is 19.5 Å². The summed E-state index contributed by atoms with van der Waals surface area (Å²) in [6.07, 6.45) is -0.562. The maximum absolute atomic E-state index is 12.2. The summed E-state index contributed by atoms with van der Waals surface area (Å²) in [7, 11) is 0. The van der Waals surface area contributed by atoms with Crippen LogP contribution in [0.2, 0.25) is 0 Å². The van der Waals surface area contributed by atoms with Gasteiger partial charge < -0.3 is 24.8 Å². The van der Waals surface area contributed by atoms with Crippen molar-refractivity contribution in [2.45, 2.75) is 20.0 Å². The van der Waals surface area contributed by atoms with E-state index in [9.17, 15) is 9.59 Å². The highest BCUT2D eigenvalue weighted by Gasteiger charge is 2.23. The Morgan fingerprint density at radius 3 is 2.82 bits per heavy atom. The minimum atomic E-state index is -0.562. The number of hydrogen-bond donors (Lipinski definition) is 2. The minimum Gasteiger partial charge on any atom is -0.490 e. The van der Waals surface area contributed by atoms with Crippen molar-refractivity contribution < 1.29 is 23.8 Å². The van der Waals surface area contributed by atoms with Gasteiger partial charge in [-0.15, -0.1) is 0 Å². The highest BCUT2D eigenvalue weighted by atomic mass is 16.5. The Morgan fingerprint density at radius 1 is 1.25 bits per heavy atom. The molecule has 28 heavy (non-hydrogen) atoms. The Labute approximate surface area is 162 Å². The van der Waals surface area contributed by atoms with Crippen LogP contribution in [-0.4, -0.2) is 31.1 Å². The molecule has 8 nitrogen and oxygen atoms in total. The summed E-state index contributed by atoms with van der Waals surface area (Å²) in [4.78, 5) is 23.9. The minimum absolute atomic E-state index is 0.247. The maximum Gasteiger partial charge on any atom is 0.265 e. The molecule has 0 saturated heterocycles. The summed E-state index contributed by atoms with van der Waals surface area (Å²) in [5, 5.41) is 14.4. The second kappa shape index (κ2) is 8.31. The van der Waals surface area contributed by atoms with E-state index in [1.54, 1.807) is 43.3 Å². The average molecular weight is 381 g/mol. The molecule has 0 aromatic heterocycles. The number of carbonyl (C=O) groups excluding carboxylic acids is 2. The highest BCUT2D eigenvalue weighted by molar-refractivity contribution is 5.99. The molecule has 2 aromatic carbocycles. The quantitative estimate of drug-likeness (QED) is 0.796. The van der Waals surface area contributed by atoms with Crippen LogP contribution in [-0.2, 0) is 9.59 Å². The number of nitrogens with one attached hydrogen (secondary N) is 2. The van der Waals surface area contributed by atoms with Crippen LogP contribution >= 0.6 is 0 Å². The number of nitrogens with zero attached hydrogens (tertiary/aromatic N) is 1. The SMILES string of the molecule is CCOc1cc(C#N)ccc1OCC(=O)Nc1ccc2c(c1)NC(=O)C(C)O2. The Hall–Kier alpha value is -3.73. The first kappa shape index (κ1) is 19.0. The molecule has 1 unspecified atom stereocenters. The summed E-state index contributed by atoms with van der Waals surface area (Å²) in [6.45, 7) is 3.63. The number of anilines is 2. The Kier molecular flexibility index (Phi) is 5.65. The molecule has 2 amide bonds. The summed E-state index contributed by atoms with van der Waals surface area (Å²) >= 11 is 0. The first-order valence-electron chi connectivity index (χ1n) is 8.71. The van der Waals surface area contributed by atoms with E-state index >= 15 is 0 Å². The van der Waals surface area contributed by atoms with Gasteiger partial charge in [-0.05, 0) is 44.2 Å². The molecular formula is C20H19N3O5. The van der Waals surface area contributed by atoms with Crippen molar-refractivity contribution in [3.63, 3.8) is 0 Å². The summed E-state index contributed by atoms with van der Waals surface area (Å²) in [5.41, 5.74) is 1.43. The predicted molar refractivity (Wildman–Crippen MR) is 102 cm³/mol. The number of carbonyl (C=O) groups is 2. The number of nitriles is 1. The zero-order chi connectivity index (χ0) is 20.1. The lowest BCUT2D eigenvalue weighted by molar-refractivity contribution is -0.122. The van der Waals surface area contributed by atoms with E-state index in [2.05, 4.69) is 10.6 Å². The number of benzene rings is 2. The summed E-state index contributed by atoms with van der Waals surface area (Å²) < 4.78 is 16.5. The third-order valence-corrected chi connectivity index (χ3v) is 3.93. The molecule has 144 valence electrons. The molecule has 0 radical (unpaired) electrons. The molecule has 0 saturated carbocycles. The van der Waals surface area contributed by atoms with Crippen molar-refractivity contribution in [1.82, 2.24) is 0 Å². The Morgan fingerprint density at radius 2 is 2.07 bits per heavy atom. The molecule has 3 rings (SSSR count). The molecular weight excluding hydrogens is 362 g/mol. The van der Waals surface area contributed by atoms with Gasteiger partial charge in [0.1, 0.15) is 5.75 Å². The fourth-order valence-electron chi connectivity index (χ4n) is 2.59. The van der Waals surface area contributed by atoms with Crippen molar-refractivity contribution in [2.75, 3.05) is 23.8 Å². The maximum atomic E-state index is 12.2. The molecule has 0 bridgehead atoms. The van der Waals surface area contributed by atoms with Crippen LogP contribution in [0.25, 0.3) is 0 Å². The lowest BCUT2D eigenvalue weighted by Gasteiger charge is -2.23. The lowest BCUT2D eigenvalue weighted by atomic mass is 10.2. The first-order chi connectivity index (χ1) is 13.5. The highest BCUT2D eigenvalue weighted by Crippen LogP contribution is 2.32.